The highest BCUT2D eigenvalue weighted by Gasteiger charge is 2.14. The predicted octanol–water partition coefficient (Wildman–Crippen LogP) is 4.11. The van der Waals surface area contributed by atoms with E-state index in [0.29, 0.717) is 11.4 Å². The standard InChI is InChI=1S/C19H16N4O2S/c1-23-11-10-21-19(23)26-12-14-7-8-16(25-14)18(24)22-15-6-2-4-13-5-3-9-20-17(13)15/h2-11H,12H2,1H3,(H,22,24). The van der Waals surface area contributed by atoms with E-state index in [1.807, 2.05) is 54.2 Å². The highest BCUT2D eigenvalue weighted by atomic mass is 32.2. The van der Waals surface area contributed by atoms with Crippen molar-refractivity contribution in [1.82, 2.24) is 14.5 Å². The minimum Gasteiger partial charge on any atom is -0.455 e. The fourth-order valence-electron chi connectivity index (χ4n) is 2.59. The molecule has 0 saturated heterocycles. The number of benzene rings is 1. The Labute approximate surface area is 154 Å². The largest absolute Gasteiger partial charge is 0.455 e. The van der Waals surface area contributed by atoms with Gasteiger partial charge >= 0.3 is 0 Å². The van der Waals surface area contributed by atoms with E-state index in [1.165, 1.54) is 0 Å². The van der Waals surface area contributed by atoms with E-state index in [0.717, 1.165) is 21.8 Å². The van der Waals surface area contributed by atoms with E-state index < -0.39 is 0 Å². The van der Waals surface area contributed by atoms with Crippen LogP contribution >= 0.6 is 11.8 Å². The summed E-state index contributed by atoms with van der Waals surface area (Å²) in [6.45, 7) is 0. The number of hydrogen-bond acceptors (Lipinski definition) is 5. The highest BCUT2D eigenvalue weighted by Crippen LogP contribution is 2.24. The molecule has 1 aromatic carbocycles. The minimum atomic E-state index is -0.295. The molecule has 4 rings (SSSR count). The number of aryl methyl sites for hydroxylation is 1. The number of amides is 1. The van der Waals surface area contributed by atoms with Gasteiger partial charge < -0.3 is 14.3 Å². The van der Waals surface area contributed by atoms with Crippen LogP contribution in [0.1, 0.15) is 16.3 Å². The number of para-hydroxylation sites is 1. The number of pyridine rings is 1. The molecule has 0 aliphatic carbocycles. The first-order valence-corrected chi connectivity index (χ1v) is 9.03. The summed E-state index contributed by atoms with van der Waals surface area (Å²) in [7, 11) is 1.94. The fourth-order valence-corrected chi connectivity index (χ4v) is 3.42. The molecule has 6 nitrogen and oxygen atoms in total. The number of imidazole rings is 1. The van der Waals surface area contributed by atoms with E-state index in [9.17, 15) is 4.79 Å². The molecule has 0 fully saturated rings. The van der Waals surface area contributed by atoms with Crippen LogP contribution in [0.15, 0.2) is 70.6 Å². The second-order valence-corrected chi connectivity index (χ2v) is 6.65. The molecule has 0 unspecified atom stereocenters. The molecule has 130 valence electrons. The lowest BCUT2D eigenvalue weighted by molar-refractivity contribution is 0.0995. The minimum absolute atomic E-state index is 0.272. The van der Waals surface area contributed by atoms with Gasteiger partial charge in [-0.1, -0.05) is 30.0 Å². The monoisotopic (exact) mass is 364 g/mol. The van der Waals surface area contributed by atoms with Crippen molar-refractivity contribution in [2.24, 2.45) is 7.05 Å². The topological polar surface area (TPSA) is 73.0 Å². The van der Waals surface area contributed by atoms with Crippen LogP contribution in [0.25, 0.3) is 10.9 Å². The van der Waals surface area contributed by atoms with Gasteiger partial charge in [0.1, 0.15) is 5.76 Å². The average Bonchev–Trinajstić information content (AvgIpc) is 3.29. The summed E-state index contributed by atoms with van der Waals surface area (Å²) < 4.78 is 7.62. The molecule has 3 heterocycles. The first-order valence-electron chi connectivity index (χ1n) is 8.04. The molecule has 0 saturated carbocycles. The zero-order valence-corrected chi connectivity index (χ0v) is 14.9. The molecule has 0 radical (unpaired) electrons. The van der Waals surface area contributed by atoms with Crippen LogP contribution < -0.4 is 5.32 Å². The summed E-state index contributed by atoms with van der Waals surface area (Å²) >= 11 is 1.55. The molecule has 0 bridgehead atoms. The van der Waals surface area contributed by atoms with Crippen molar-refractivity contribution in [2.75, 3.05) is 5.32 Å². The zero-order chi connectivity index (χ0) is 17.9. The van der Waals surface area contributed by atoms with Gasteiger partial charge in [-0.05, 0) is 24.3 Å². The van der Waals surface area contributed by atoms with Gasteiger partial charge in [-0.25, -0.2) is 4.98 Å². The SMILES string of the molecule is Cn1ccnc1SCc1ccc(C(=O)Nc2cccc3cccnc23)o1. The number of carbonyl (C=O) groups is 1. The van der Waals surface area contributed by atoms with Gasteiger partial charge in [-0.3, -0.25) is 9.78 Å². The number of anilines is 1. The van der Waals surface area contributed by atoms with Gasteiger partial charge in [0.25, 0.3) is 5.91 Å². The van der Waals surface area contributed by atoms with Crippen molar-refractivity contribution in [2.45, 2.75) is 10.9 Å². The molecule has 0 aliphatic heterocycles. The summed E-state index contributed by atoms with van der Waals surface area (Å²) in [5.41, 5.74) is 1.41. The van der Waals surface area contributed by atoms with Crippen LogP contribution in [-0.2, 0) is 12.8 Å². The van der Waals surface area contributed by atoms with Gasteiger partial charge in [0.05, 0.1) is 17.0 Å². The Kier molecular flexibility index (Phi) is 4.45. The average molecular weight is 364 g/mol. The smallest absolute Gasteiger partial charge is 0.291 e. The van der Waals surface area contributed by atoms with Gasteiger partial charge in [0.2, 0.25) is 0 Å². The number of carbonyl (C=O) groups excluding carboxylic acids is 1. The molecule has 26 heavy (non-hydrogen) atoms. The summed E-state index contributed by atoms with van der Waals surface area (Å²) in [4.78, 5) is 21.1. The normalized spacial score (nSPS) is 11.0. The fraction of sp³-hybridized carbons (Fsp3) is 0.105. The molecular weight excluding hydrogens is 348 g/mol. The maximum Gasteiger partial charge on any atom is 0.291 e. The van der Waals surface area contributed by atoms with Crippen LogP contribution in [0.4, 0.5) is 5.69 Å². The number of furan rings is 1. The summed E-state index contributed by atoms with van der Waals surface area (Å²) in [5.74, 6) is 1.30. The van der Waals surface area contributed by atoms with Crippen molar-refractivity contribution in [3.63, 3.8) is 0 Å². The second-order valence-electron chi connectivity index (χ2n) is 5.71. The lowest BCUT2D eigenvalue weighted by atomic mass is 10.2. The Morgan fingerprint density at radius 1 is 1.15 bits per heavy atom. The maximum atomic E-state index is 12.5. The Morgan fingerprint density at radius 3 is 2.88 bits per heavy atom. The Morgan fingerprint density at radius 2 is 2.04 bits per heavy atom. The zero-order valence-electron chi connectivity index (χ0n) is 14.0. The Hall–Kier alpha value is -3.06. The number of rotatable bonds is 5. The molecular formula is C19H16N4O2S. The molecule has 0 spiro atoms. The molecule has 0 aliphatic rings. The number of nitrogens with zero attached hydrogens (tertiary/aromatic N) is 3. The highest BCUT2D eigenvalue weighted by molar-refractivity contribution is 7.98. The summed E-state index contributed by atoms with van der Waals surface area (Å²) in [6, 6.07) is 13.0. The van der Waals surface area contributed by atoms with Crippen molar-refractivity contribution < 1.29 is 9.21 Å². The summed E-state index contributed by atoms with van der Waals surface area (Å²) in [5, 5.41) is 4.74. The Bertz CT molecular complexity index is 1060. The number of nitrogens with one attached hydrogen (secondary N) is 1. The second kappa shape index (κ2) is 7.05. The van der Waals surface area contributed by atoms with Crippen molar-refractivity contribution in [3.05, 3.63) is 72.6 Å². The van der Waals surface area contributed by atoms with E-state index in [4.69, 9.17) is 4.42 Å². The van der Waals surface area contributed by atoms with Gasteiger partial charge in [0.15, 0.2) is 10.9 Å². The number of hydrogen-bond donors (Lipinski definition) is 1. The lowest BCUT2D eigenvalue weighted by Gasteiger charge is -2.06. The lowest BCUT2D eigenvalue weighted by Crippen LogP contribution is -2.11. The van der Waals surface area contributed by atoms with Gasteiger partial charge in [-0.2, -0.15) is 0 Å². The number of fused-ring (bicyclic) bond motifs is 1. The number of aromatic nitrogens is 3. The third kappa shape index (κ3) is 3.34. The predicted molar refractivity (Wildman–Crippen MR) is 101 cm³/mol. The van der Waals surface area contributed by atoms with Crippen LogP contribution in [0.5, 0.6) is 0 Å². The molecule has 1 N–H and O–H groups in total. The van der Waals surface area contributed by atoms with Gasteiger partial charge in [0, 0.05) is 31.0 Å². The first-order chi connectivity index (χ1) is 12.7. The van der Waals surface area contributed by atoms with Gasteiger partial charge in [-0.15, -0.1) is 0 Å². The molecule has 4 aromatic rings. The maximum absolute atomic E-state index is 12.5. The third-order valence-electron chi connectivity index (χ3n) is 3.89. The van der Waals surface area contributed by atoms with Crippen LogP contribution in [0, 0.1) is 0 Å². The third-order valence-corrected chi connectivity index (χ3v) is 4.97. The van der Waals surface area contributed by atoms with E-state index >= 15 is 0 Å². The molecule has 1 amide bonds. The quantitative estimate of drug-likeness (QED) is 0.540. The van der Waals surface area contributed by atoms with Crippen molar-refractivity contribution in [1.29, 1.82) is 0 Å². The van der Waals surface area contributed by atoms with Crippen molar-refractivity contribution in [3.8, 4) is 0 Å². The van der Waals surface area contributed by atoms with Crippen molar-refractivity contribution >= 4 is 34.3 Å². The Balaban J connectivity index is 1.47. The van der Waals surface area contributed by atoms with E-state index in [-0.39, 0.29) is 11.7 Å². The first kappa shape index (κ1) is 16.4. The van der Waals surface area contributed by atoms with E-state index in [2.05, 4.69) is 15.3 Å². The molecule has 3 aromatic heterocycles. The summed E-state index contributed by atoms with van der Waals surface area (Å²) in [6.07, 6.45) is 5.35. The van der Waals surface area contributed by atoms with Crippen LogP contribution in [0.2, 0.25) is 0 Å². The van der Waals surface area contributed by atoms with Crippen LogP contribution in [-0.4, -0.2) is 20.4 Å². The van der Waals surface area contributed by atoms with E-state index in [1.54, 1.807) is 30.2 Å². The number of thioether (sulfide) groups is 1. The molecule has 7 heteroatoms. The van der Waals surface area contributed by atoms with Crippen LogP contribution in [0.3, 0.4) is 0 Å². The molecule has 0 atom stereocenters.